The highest BCUT2D eigenvalue weighted by Gasteiger charge is 2.02. The van der Waals surface area contributed by atoms with Crippen LogP contribution in [0, 0.1) is 0 Å². The largest absolute Gasteiger partial charge is 0.276 e. The number of hydrogen-bond acceptors (Lipinski definition) is 4. The van der Waals surface area contributed by atoms with Crippen LogP contribution < -0.4 is 5.43 Å². The summed E-state index contributed by atoms with van der Waals surface area (Å²) >= 11 is 0. The third-order valence-electron chi connectivity index (χ3n) is 2.99. The van der Waals surface area contributed by atoms with E-state index in [1.165, 1.54) is 0 Å². The third-order valence-corrected chi connectivity index (χ3v) is 2.99. The molecule has 1 heterocycles. The molecule has 1 N–H and O–H groups in total. The van der Waals surface area contributed by atoms with Crippen LogP contribution in [0.1, 0.15) is 5.56 Å². The second kappa shape index (κ2) is 7.61. The van der Waals surface area contributed by atoms with Crippen LogP contribution in [0.4, 0.5) is 11.5 Å². The van der Waals surface area contributed by atoms with Gasteiger partial charge in [0.15, 0.2) is 5.82 Å². The lowest BCUT2D eigenvalue weighted by molar-refractivity contribution is 1.16. The van der Waals surface area contributed by atoms with Gasteiger partial charge in [0.25, 0.3) is 0 Å². The number of hydrazone groups is 1. The van der Waals surface area contributed by atoms with Crippen LogP contribution in [0.5, 0.6) is 0 Å². The van der Waals surface area contributed by atoms with E-state index >= 15 is 0 Å². The summed E-state index contributed by atoms with van der Waals surface area (Å²) in [4.78, 5) is 4.13. The molecule has 1 aromatic heterocycles. The van der Waals surface area contributed by atoms with Crippen molar-refractivity contribution in [3.8, 4) is 0 Å². The molecule has 0 bridgehead atoms. The minimum atomic E-state index is 0.486. The molecule has 3 rings (SSSR count). The van der Waals surface area contributed by atoms with Gasteiger partial charge in [0.05, 0.1) is 5.69 Å². The van der Waals surface area contributed by atoms with Crippen LogP contribution in [-0.4, -0.2) is 10.8 Å². The predicted octanol–water partition coefficient (Wildman–Crippen LogP) is 4.64. The van der Waals surface area contributed by atoms with E-state index in [1.807, 2.05) is 72.8 Å². The molecular weight excluding hydrogens is 286 g/mol. The Kier molecular flexibility index (Phi) is 4.83. The zero-order valence-corrected chi connectivity index (χ0v) is 12.4. The first kappa shape index (κ1) is 14.6. The minimum absolute atomic E-state index is 0.486. The highest BCUT2D eigenvalue weighted by molar-refractivity contribution is 5.99. The van der Waals surface area contributed by atoms with Crippen LogP contribution in [0.15, 0.2) is 100 Å². The van der Waals surface area contributed by atoms with E-state index in [0.29, 0.717) is 11.7 Å². The zero-order valence-electron chi connectivity index (χ0n) is 12.4. The monoisotopic (exact) mass is 301 g/mol. The first-order chi connectivity index (χ1) is 11.4. The van der Waals surface area contributed by atoms with Gasteiger partial charge in [-0.05, 0) is 24.3 Å². The van der Waals surface area contributed by atoms with Crippen molar-refractivity contribution < 1.29 is 0 Å². The number of benzene rings is 2. The Hall–Kier alpha value is -3.34. The van der Waals surface area contributed by atoms with Crippen LogP contribution >= 0.6 is 0 Å². The summed E-state index contributed by atoms with van der Waals surface area (Å²) in [6.45, 7) is 0. The molecule has 5 nitrogen and oxygen atoms in total. The molecule has 0 unspecified atom stereocenters. The number of anilines is 1. The second-order valence-electron chi connectivity index (χ2n) is 4.67. The van der Waals surface area contributed by atoms with E-state index in [2.05, 4.69) is 25.7 Å². The standard InChI is InChI=1S/C18H15N5/c1-3-9-15(10-4-1)18(22-20-16-11-5-2-6-12-16)23-21-17-13-7-8-14-19-17/h1-14,20H/b22-18+,23-21+. The quantitative estimate of drug-likeness (QED) is 0.330. The Morgan fingerprint density at radius 1 is 0.783 bits per heavy atom. The highest BCUT2D eigenvalue weighted by atomic mass is 15.3. The molecule has 0 aliphatic rings. The van der Waals surface area contributed by atoms with Gasteiger partial charge >= 0.3 is 0 Å². The van der Waals surface area contributed by atoms with Gasteiger partial charge in [-0.15, -0.1) is 10.2 Å². The molecule has 0 spiro atoms. The Morgan fingerprint density at radius 3 is 2.17 bits per heavy atom. The highest BCUT2D eigenvalue weighted by Crippen LogP contribution is 2.11. The number of azo groups is 1. The van der Waals surface area contributed by atoms with E-state index in [9.17, 15) is 0 Å². The second-order valence-corrected chi connectivity index (χ2v) is 4.67. The summed E-state index contributed by atoms with van der Waals surface area (Å²) in [6, 6.07) is 24.9. The fourth-order valence-electron chi connectivity index (χ4n) is 1.87. The lowest BCUT2D eigenvalue weighted by Crippen LogP contribution is -2.01. The predicted molar refractivity (Wildman–Crippen MR) is 91.8 cm³/mol. The third kappa shape index (κ3) is 4.31. The van der Waals surface area contributed by atoms with Gasteiger partial charge in [-0.3, -0.25) is 5.43 Å². The van der Waals surface area contributed by atoms with Crippen molar-refractivity contribution in [2.75, 3.05) is 5.43 Å². The number of pyridine rings is 1. The maximum atomic E-state index is 4.36. The van der Waals surface area contributed by atoms with Gasteiger partial charge in [0.1, 0.15) is 0 Å². The van der Waals surface area contributed by atoms with Crippen LogP contribution in [-0.2, 0) is 0 Å². The smallest absolute Gasteiger partial charge is 0.201 e. The van der Waals surface area contributed by atoms with Crippen molar-refractivity contribution in [1.29, 1.82) is 0 Å². The molecule has 2 aromatic carbocycles. The van der Waals surface area contributed by atoms with Crippen molar-refractivity contribution in [2.45, 2.75) is 0 Å². The number of rotatable bonds is 4. The van der Waals surface area contributed by atoms with Gasteiger partial charge in [-0.2, -0.15) is 5.10 Å². The zero-order chi connectivity index (χ0) is 15.7. The first-order valence-corrected chi connectivity index (χ1v) is 7.19. The van der Waals surface area contributed by atoms with Crippen LogP contribution in [0.2, 0.25) is 0 Å². The Balaban J connectivity index is 1.86. The van der Waals surface area contributed by atoms with E-state index in [-0.39, 0.29) is 0 Å². The van der Waals surface area contributed by atoms with Gasteiger partial charge in [0.2, 0.25) is 5.84 Å². The fourth-order valence-corrected chi connectivity index (χ4v) is 1.87. The van der Waals surface area contributed by atoms with Crippen LogP contribution in [0.25, 0.3) is 0 Å². The molecule has 0 fully saturated rings. The lowest BCUT2D eigenvalue weighted by Gasteiger charge is -2.03. The van der Waals surface area contributed by atoms with Gasteiger partial charge in [-0.25, -0.2) is 4.98 Å². The number of hydrogen-bond donors (Lipinski definition) is 1. The molecule has 0 radical (unpaired) electrons. The molecular formula is C18H15N5. The summed E-state index contributed by atoms with van der Waals surface area (Å²) in [7, 11) is 0. The van der Waals surface area contributed by atoms with Crippen molar-refractivity contribution in [2.24, 2.45) is 15.3 Å². The maximum Gasteiger partial charge on any atom is 0.201 e. The Bertz CT molecular complexity index is 783. The number of nitrogens with one attached hydrogen (secondary N) is 1. The van der Waals surface area contributed by atoms with E-state index in [1.54, 1.807) is 12.3 Å². The van der Waals surface area contributed by atoms with E-state index in [0.717, 1.165) is 11.3 Å². The number of para-hydroxylation sites is 1. The lowest BCUT2D eigenvalue weighted by atomic mass is 10.2. The average molecular weight is 301 g/mol. The van der Waals surface area contributed by atoms with Crippen LogP contribution in [0.3, 0.4) is 0 Å². The molecule has 0 atom stereocenters. The topological polar surface area (TPSA) is 62.0 Å². The first-order valence-electron chi connectivity index (χ1n) is 7.19. The normalized spacial score (nSPS) is 11.6. The fraction of sp³-hybridized carbons (Fsp3) is 0. The number of amidine groups is 1. The molecule has 0 saturated carbocycles. The summed E-state index contributed by atoms with van der Waals surface area (Å²) in [5.74, 6) is 1.02. The number of nitrogens with zero attached hydrogens (tertiary/aromatic N) is 4. The summed E-state index contributed by atoms with van der Waals surface area (Å²) in [6.07, 6.45) is 1.68. The van der Waals surface area contributed by atoms with Crippen molar-refractivity contribution >= 4 is 17.3 Å². The Labute approximate surface area is 134 Å². The summed E-state index contributed by atoms with van der Waals surface area (Å²) in [5.41, 5.74) is 4.75. The molecule has 23 heavy (non-hydrogen) atoms. The molecule has 112 valence electrons. The van der Waals surface area contributed by atoms with Crippen molar-refractivity contribution in [1.82, 2.24) is 4.98 Å². The van der Waals surface area contributed by atoms with Gasteiger partial charge in [-0.1, -0.05) is 54.6 Å². The summed E-state index contributed by atoms with van der Waals surface area (Å²) in [5, 5.41) is 12.7. The van der Waals surface area contributed by atoms with E-state index in [4.69, 9.17) is 0 Å². The minimum Gasteiger partial charge on any atom is -0.276 e. The number of aromatic nitrogens is 1. The SMILES string of the molecule is c1ccc(N/N=C(/N=N/c2ccccn2)c2ccccc2)cc1. The van der Waals surface area contributed by atoms with Crippen molar-refractivity contribution in [3.05, 3.63) is 90.6 Å². The molecule has 0 aliphatic carbocycles. The molecule has 0 aliphatic heterocycles. The molecule has 0 saturated heterocycles. The van der Waals surface area contributed by atoms with Crippen molar-refractivity contribution in [3.63, 3.8) is 0 Å². The average Bonchev–Trinajstić information content (AvgIpc) is 2.64. The van der Waals surface area contributed by atoms with E-state index < -0.39 is 0 Å². The van der Waals surface area contributed by atoms with Gasteiger partial charge < -0.3 is 0 Å². The maximum absolute atomic E-state index is 4.36. The molecule has 5 heteroatoms. The molecule has 3 aromatic rings. The van der Waals surface area contributed by atoms with Gasteiger partial charge in [0, 0.05) is 11.8 Å². The summed E-state index contributed by atoms with van der Waals surface area (Å²) < 4.78 is 0. The Morgan fingerprint density at radius 2 is 1.48 bits per heavy atom. The molecule has 0 amide bonds.